The topological polar surface area (TPSA) is 29.9 Å². The van der Waals surface area contributed by atoms with Crippen molar-refractivity contribution in [3.8, 4) is 11.1 Å². The number of benzene rings is 5. The molecule has 0 saturated carbocycles. The van der Waals surface area contributed by atoms with Gasteiger partial charge in [0.2, 0.25) is 0 Å². The quantitative estimate of drug-likeness (QED) is 0.257. The van der Waals surface area contributed by atoms with Crippen molar-refractivity contribution in [1.82, 2.24) is 9.78 Å². The zero-order valence-electron chi connectivity index (χ0n) is 20.2. The molecule has 6 aromatic rings. The Labute approximate surface area is 211 Å². The van der Waals surface area contributed by atoms with E-state index in [1.807, 2.05) is 13.1 Å². The molecule has 1 N–H and O–H groups in total. The van der Waals surface area contributed by atoms with E-state index < -0.39 is 5.54 Å². The fourth-order valence-electron chi connectivity index (χ4n) is 5.27. The number of rotatable bonds is 6. The van der Waals surface area contributed by atoms with Crippen LogP contribution in [-0.4, -0.2) is 16.8 Å². The Bertz CT molecular complexity index is 1490. The van der Waals surface area contributed by atoms with Crippen LogP contribution in [0.1, 0.15) is 16.7 Å². The summed E-state index contributed by atoms with van der Waals surface area (Å²) in [6.07, 6.45) is 0. The van der Waals surface area contributed by atoms with Gasteiger partial charge < -0.3 is 5.32 Å². The molecule has 5 aromatic carbocycles. The lowest BCUT2D eigenvalue weighted by Crippen LogP contribution is -2.38. The fourth-order valence-corrected chi connectivity index (χ4v) is 5.27. The normalized spacial score (nSPS) is 11.5. The average Bonchev–Trinajstić information content (AvgIpc) is 3.34. The fraction of sp³-hybridized carbons (Fsp3) is 0.0606. The molecule has 174 valence electrons. The summed E-state index contributed by atoms with van der Waals surface area (Å²) in [6.45, 7) is 0. The van der Waals surface area contributed by atoms with E-state index in [9.17, 15) is 0 Å². The molecule has 0 fully saturated rings. The van der Waals surface area contributed by atoms with Gasteiger partial charge in [0.15, 0.2) is 5.82 Å². The zero-order valence-corrected chi connectivity index (χ0v) is 20.2. The van der Waals surface area contributed by atoms with E-state index in [1.54, 1.807) is 0 Å². The molecule has 0 unspecified atom stereocenters. The molecule has 3 heteroatoms. The molecule has 0 aliphatic rings. The monoisotopic (exact) mass is 465 g/mol. The summed E-state index contributed by atoms with van der Waals surface area (Å²) in [5, 5.41) is 9.70. The third-order valence-electron chi connectivity index (χ3n) is 6.92. The minimum absolute atomic E-state index is 0.661. The first-order chi connectivity index (χ1) is 17.8. The van der Waals surface area contributed by atoms with E-state index >= 15 is 0 Å². The van der Waals surface area contributed by atoms with Crippen LogP contribution in [0.5, 0.6) is 0 Å². The Hall–Kier alpha value is -4.63. The van der Waals surface area contributed by atoms with Crippen LogP contribution in [0.25, 0.3) is 22.0 Å². The molecule has 0 radical (unpaired) electrons. The Morgan fingerprint density at radius 1 is 0.556 bits per heavy atom. The molecular weight excluding hydrogens is 438 g/mol. The van der Waals surface area contributed by atoms with Gasteiger partial charge in [-0.05, 0) is 39.9 Å². The Balaban J connectivity index is 1.72. The summed E-state index contributed by atoms with van der Waals surface area (Å²) in [5.74, 6) is 0.856. The molecule has 3 nitrogen and oxygen atoms in total. The van der Waals surface area contributed by atoms with Crippen molar-refractivity contribution in [2.75, 3.05) is 12.4 Å². The molecule has 0 spiro atoms. The first-order valence-electron chi connectivity index (χ1n) is 12.3. The minimum Gasteiger partial charge on any atom is -0.371 e. The lowest BCUT2D eigenvalue weighted by molar-refractivity contribution is 0.477. The van der Waals surface area contributed by atoms with Crippen molar-refractivity contribution in [2.45, 2.75) is 5.54 Å². The third-order valence-corrected chi connectivity index (χ3v) is 6.92. The second-order valence-corrected chi connectivity index (χ2v) is 8.92. The van der Waals surface area contributed by atoms with Gasteiger partial charge in [0.05, 0.1) is 5.52 Å². The maximum atomic E-state index is 5.25. The number of aromatic nitrogens is 2. The van der Waals surface area contributed by atoms with Gasteiger partial charge in [-0.25, -0.2) is 4.68 Å². The zero-order chi connectivity index (χ0) is 24.4. The second kappa shape index (κ2) is 9.20. The Morgan fingerprint density at radius 3 is 1.50 bits per heavy atom. The van der Waals surface area contributed by atoms with E-state index in [-0.39, 0.29) is 0 Å². The molecule has 1 aromatic heterocycles. The number of nitrogens with zero attached hydrogens (tertiary/aromatic N) is 2. The first-order valence-corrected chi connectivity index (χ1v) is 12.3. The number of anilines is 1. The largest absolute Gasteiger partial charge is 0.371 e. The molecule has 0 aliphatic carbocycles. The van der Waals surface area contributed by atoms with Gasteiger partial charge in [0.1, 0.15) is 5.54 Å². The number of hydrogen-bond donors (Lipinski definition) is 1. The van der Waals surface area contributed by atoms with Crippen molar-refractivity contribution < 1.29 is 0 Å². The molecule has 0 amide bonds. The number of nitrogens with one attached hydrogen (secondary N) is 1. The number of fused-ring (bicyclic) bond motifs is 1. The second-order valence-electron chi connectivity index (χ2n) is 8.92. The van der Waals surface area contributed by atoms with Crippen molar-refractivity contribution in [2.24, 2.45) is 0 Å². The minimum atomic E-state index is -0.661. The smallest absolute Gasteiger partial charge is 0.155 e. The summed E-state index contributed by atoms with van der Waals surface area (Å²) >= 11 is 0. The van der Waals surface area contributed by atoms with Gasteiger partial charge in [-0.2, -0.15) is 5.10 Å². The molecular formula is C33H27N3. The van der Waals surface area contributed by atoms with Crippen LogP contribution in [0.2, 0.25) is 0 Å². The highest BCUT2D eigenvalue weighted by Gasteiger charge is 2.40. The van der Waals surface area contributed by atoms with Crippen LogP contribution in [0, 0.1) is 0 Å². The van der Waals surface area contributed by atoms with Crippen LogP contribution in [0.3, 0.4) is 0 Å². The van der Waals surface area contributed by atoms with E-state index in [0.717, 1.165) is 33.4 Å². The van der Waals surface area contributed by atoms with Crippen LogP contribution in [0.4, 0.5) is 5.82 Å². The highest BCUT2D eigenvalue weighted by atomic mass is 15.4. The van der Waals surface area contributed by atoms with E-state index in [0.29, 0.717) is 0 Å². The van der Waals surface area contributed by atoms with Gasteiger partial charge in [-0.1, -0.05) is 127 Å². The van der Waals surface area contributed by atoms with Crippen molar-refractivity contribution in [3.63, 3.8) is 0 Å². The molecule has 36 heavy (non-hydrogen) atoms. The van der Waals surface area contributed by atoms with Gasteiger partial charge in [0.25, 0.3) is 0 Å². The summed E-state index contributed by atoms with van der Waals surface area (Å²) in [6, 6.07) is 49.2. The van der Waals surface area contributed by atoms with Gasteiger partial charge >= 0.3 is 0 Å². The molecule has 0 bridgehead atoms. The summed E-state index contributed by atoms with van der Waals surface area (Å²) < 4.78 is 2.20. The Morgan fingerprint density at radius 2 is 1.03 bits per heavy atom. The third kappa shape index (κ3) is 3.48. The SMILES string of the molecule is CNc1nn(C(c2ccccc2)(c2ccccc2)c2ccccc2)c2ccc(-c3ccccc3)cc12. The van der Waals surface area contributed by atoms with E-state index in [2.05, 4.69) is 143 Å². The molecule has 1 heterocycles. The van der Waals surface area contributed by atoms with Gasteiger partial charge in [0, 0.05) is 12.4 Å². The van der Waals surface area contributed by atoms with Gasteiger partial charge in [-0.3, -0.25) is 0 Å². The highest BCUT2D eigenvalue weighted by Crippen LogP contribution is 2.43. The van der Waals surface area contributed by atoms with E-state index in [4.69, 9.17) is 5.10 Å². The van der Waals surface area contributed by atoms with Crippen LogP contribution < -0.4 is 5.32 Å². The van der Waals surface area contributed by atoms with E-state index in [1.165, 1.54) is 11.1 Å². The lowest BCUT2D eigenvalue weighted by atomic mass is 9.77. The predicted octanol–water partition coefficient (Wildman–Crippen LogP) is 7.59. The van der Waals surface area contributed by atoms with Crippen molar-refractivity contribution in [1.29, 1.82) is 0 Å². The predicted molar refractivity (Wildman–Crippen MR) is 149 cm³/mol. The van der Waals surface area contributed by atoms with Crippen molar-refractivity contribution >= 4 is 16.7 Å². The Kier molecular flexibility index (Phi) is 5.59. The van der Waals surface area contributed by atoms with Crippen LogP contribution in [0.15, 0.2) is 140 Å². The molecule has 0 atom stereocenters. The standard InChI is InChI=1S/C33H27N3/c1-34-32-30-24-26(25-14-6-2-7-15-25)22-23-31(30)36(35-32)33(27-16-8-3-9-17-27,28-18-10-4-11-19-28)29-20-12-5-13-21-29/h2-24H,1H3,(H,34,35). The summed E-state index contributed by atoms with van der Waals surface area (Å²) in [5.41, 5.74) is 6.23. The highest BCUT2D eigenvalue weighted by molar-refractivity contribution is 5.94. The van der Waals surface area contributed by atoms with Crippen LogP contribution >= 0.6 is 0 Å². The molecule has 6 rings (SSSR count). The average molecular weight is 466 g/mol. The maximum Gasteiger partial charge on any atom is 0.155 e. The maximum absolute atomic E-state index is 5.25. The molecule has 0 aliphatic heterocycles. The molecule has 0 saturated heterocycles. The van der Waals surface area contributed by atoms with Crippen molar-refractivity contribution in [3.05, 3.63) is 156 Å². The number of hydrogen-bond acceptors (Lipinski definition) is 2. The van der Waals surface area contributed by atoms with Gasteiger partial charge in [-0.15, -0.1) is 0 Å². The lowest BCUT2D eigenvalue weighted by Gasteiger charge is -2.37. The summed E-state index contributed by atoms with van der Waals surface area (Å²) in [7, 11) is 1.94. The summed E-state index contributed by atoms with van der Waals surface area (Å²) in [4.78, 5) is 0. The first kappa shape index (κ1) is 21.9. The van der Waals surface area contributed by atoms with Crippen LogP contribution in [-0.2, 0) is 5.54 Å².